The Morgan fingerprint density at radius 2 is 2.00 bits per heavy atom. The summed E-state index contributed by atoms with van der Waals surface area (Å²) in [6, 6.07) is 18.6. The summed E-state index contributed by atoms with van der Waals surface area (Å²) in [5.41, 5.74) is 3.19. The summed E-state index contributed by atoms with van der Waals surface area (Å²) in [7, 11) is 0. The van der Waals surface area contributed by atoms with Crippen LogP contribution in [0.3, 0.4) is 0 Å². The summed E-state index contributed by atoms with van der Waals surface area (Å²) >= 11 is 1.86. The predicted molar refractivity (Wildman–Crippen MR) is 97.2 cm³/mol. The average Bonchev–Trinajstić information content (AvgIpc) is 3.07. The Balaban J connectivity index is 1.47. The van der Waals surface area contributed by atoms with Crippen molar-refractivity contribution < 1.29 is 4.90 Å². The van der Waals surface area contributed by atoms with Crippen LogP contribution in [0.1, 0.15) is 34.9 Å². The van der Waals surface area contributed by atoms with Crippen molar-refractivity contribution in [2.24, 2.45) is 0 Å². The predicted octanol–water partition coefficient (Wildman–Crippen LogP) is 3.13. The van der Waals surface area contributed by atoms with Crippen LogP contribution in [-0.2, 0) is 6.54 Å². The number of aromatic nitrogens is 1. The van der Waals surface area contributed by atoms with E-state index in [1.54, 1.807) is 4.90 Å². The van der Waals surface area contributed by atoms with Crippen LogP contribution in [0, 0.1) is 11.3 Å². The molecule has 0 aliphatic carbocycles. The summed E-state index contributed by atoms with van der Waals surface area (Å²) in [6.07, 6.45) is 2.50. The number of rotatable bonds is 3. The molecule has 1 aromatic heterocycles. The van der Waals surface area contributed by atoms with E-state index in [0.29, 0.717) is 5.92 Å². The molecular formula is C20H20N3S+. The first-order valence-electron chi connectivity index (χ1n) is 8.50. The van der Waals surface area contributed by atoms with Crippen molar-refractivity contribution in [2.75, 3.05) is 13.1 Å². The fraction of sp³-hybridized carbons (Fsp3) is 0.300. The third-order valence-corrected chi connectivity index (χ3v) is 6.01. The number of thiazole rings is 1. The van der Waals surface area contributed by atoms with Crippen LogP contribution in [0.15, 0.2) is 48.5 Å². The summed E-state index contributed by atoms with van der Waals surface area (Å²) in [4.78, 5) is 6.49. The van der Waals surface area contributed by atoms with E-state index in [0.717, 1.165) is 24.2 Å². The molecular weight excluding hydrogens is 314 g/mol. The van der Waals surface area contributed by atoms with Crippen LogP contribution in [0.5, 0.6) is 0 Å². The van der Waals surface area contributed by atoms with Gasteiger partial charge in [0, 0.05) is 5.56 Å². The zero-order chi connectivity index (χ0) is 16.4. The highest BCUT2D eigenvalue weighted by Gasteiger charge is 2.27. The molecule has 0 radical (unpaired) electrons. The monoisotopic (exact) mass is 334 g/mol. The normalized spacial score (nSPS) is 20.8. The van der Waals surface area contributed by atoms with Gasteiger partial charge in [0.1, 0.15) is 11.6 Å². The van der Waals surface area contributed by atoms with Crippen molar-refractivity contribution in [1.29, 1.82) is 5.26 Å². The number of para-hydroxylation sites is 1. The van der Waals surface area contributed by atoms with E-state index in [1.807, 2.05) is 23.5 Å². The van der Waals surface area contributed by atoms with E-state index in [2.05, 4.69) is 42.5 Å². The molecule has 0 bridgehead atoms. The van der Waals surface area contributed by atoms with Gasteiger partial charge >= 0.3 is 0 Å². The van der Waals surface area contributed by atoms with Crippen LogP contribution in [-0.4, -0.2) is 18.1 Å². The molecule has 0 spiro atoms. The van der Waals surface area contributed by atoms with E-state index in [1.165, 1.54) is 34.7 Å². The number of benzene rings is 2. The van der Waals surface area contributed by atoms with E-state index in [9.17, 15) is 0 Å². The fourth-order valence-electron chi connectivity index (χ4n) is 3.57. The maximum Gasteiger partial charge on any atom is 0.103 e. The highest BCUT2D eigenvalue weighted by molar-refractivity contribution is 7.18. The number of hydrogen-bond donors (Lipinski definition) is 1. The zero-order valence-corrected chi connectivity index (χ0v) is 14.4. The Bertz CT molecular complexity index is 843. The van der Waals surface area contributed by atoms with Gasteiger partial charge in [0.15, 0.2) is 0 Å². The highest BCUT2D eigenvalue weighted by atomic mass is 32.1. The minimum atomic E-state index is 0.574. The number of nitriles is 1. The first kappa shape index (κ1) is 15.3. The van der Waals surface area contributed by atoms with Gasteiger partial charge in [-0.3, -0.25) is 0 Å². The van der Waals surface area contributed by atoms with Crippen LogP contribution in [0.25, 0.3) is 10.2 Å². The molecule has 3 nitrogen and oxygen atoms in total. The van der Waals surface area contributed by atoms with Crippen molar-refractivity contribution in [3.63, 3.8) is 0 Å². The third kappa shape index (κ3) is 3.19. The molecule has 1 saturated heterocycles. The Morgan fingerprint density at radius 3 is 2.79 bits per heavy atom. The standard InChI is InChI=1S/C20H19N3S/c21-12-15-7-9-16(10-8-15)13-23-11-3-4-17(14-23)20-22-18-5-1-2-6-19(18)24-20/h1-2,5-10,17H,3-4,11,13-14H2/p+1/t17-/m0/s1. The second kappa shape index (κ2) is 6.72. The number of nitrogens with zero attached hydrogens (tertiary/aromatic N) is 2. The topological polar surface area (TPSA) is 41.1 Å². The molecule has 1 aliphatic rings. The van der Waals surface area contributed by atoms with E-state index in [-0.39, 0.29) is 0 Å². The first-order chi connectivity index (χ1) is 11.8. The molecule has 3 aromatic rings. The summed E-state index contributed by atoms with van der Waals surface area (Å²) in [5, 5.41) is 10.2. The lowest BCUT2D eigenvalue weighted by molar-refractivity contribution is -0.920. The van der Waals surface area contributed by atoms with Gasteiger partial charge < -0.3 is 4.90 Å². The van der Waals surface area contributed by atoms with Crippen LogP contribution in [0.2, 0.25) is 0 Å². The third-order valence-electron chi connectivity index (χ3n) is 4.81. The lowest BCUT2D eigenvalue weighted by Crippen LogP contribution is -3.12. The van der Waals surface area contributed by atoms with Gasteiger partial charge in [-0.05, 0) is 37.1 Å². The van der Waals surface area contributed by atoms with Gasteiger partial charge in [0.05, 0.1) is 40.9 Å². The van der Waals surface area contributed by atoms with Gasteiger partial charge in [-0.1, -0.05) is 24.3 Å². The van der Waals surface area contributed by atoms with E-state index in [4.69, 9.17) is 10.2 Å². The van der Waals surface area contributed by atoms with Crippen molar-refractivity contribution in [3.05, 3.63) is 64.7 Å². The van der Waals surface area contributed by atoms with Crippen molar-refractivity contribution in [2.45, 2.75) is 25.3 Å². The summed E-state index contributed by atoms with van der Waals surface area (Å²) in [5.74, 6) is 0.574. The fourth-order valence-corrected chi connectivity index (χ4v) is 4.67. The van der Waals surface area contributed by atoms with E-state index < -0.39 is 0 Å². The minimum absolute atomic E-state index is 0.574. The second-order valence-electron chi connectivity index (χ2n) is 6.55. The molecule has 0 saturated carbocycles. The quantitative estimate of drug-likeness (QED) is 0.799. The van der Waals surface area contributed by atoms with Gasteiger partial charge in [0.2, 0.25) is 0 Å². The largest absolute Gasteiger partial charge is 0.331 e. The Hall–Kier alpha value is -2.22. The molecule has 2 heterocycles. The number of piperidine rings is 1. The molecule has 24 heavy (non-hydrogen) atoms. The number of quaternary nitrogens is 1. The Kier molecular flexibility index (Phi) is 4.29. The number of likely N-dealkylation sites (tertiary alicyclic amines) is 1. The summed E-state index contributed by atoms with van der Waals surface area (Å²) < 4.78 is 1.30. The maximum absolute atomic E-state index is 8.91. The molecule has 1 unspecified atom stereocenters. The first-order valence-corrected chi connectivity index (χ1v) is 9.31. The van der Waals surface area contributed by atoms with Gasteiger partial charge in [-0.25, -0.2) is 4.98 Å². The molecule has 2 aromatic carbocycles. The second-order valence-corrected chi connectivity index (χ2v) is 7.61. The highest BCUT2D eigenvalue weighted by Crippen LogP contribution is 2.30. The number of nitrogens with one attached hydrogen (secondary N) is 1. The molecule has 1 N–H and O–H groups in total. The molecule has 0 amide bonds. The van der Waals surface area contributed by atoms with Crippen LogP contribution >= 0.6 is 11.3 Å². The number of hydrogen-bond acceptors (Lipinski definition) is 3. The molecule has 4 rings (SSSR count). The minimum Gasteiger partial charge on any atom is -0.331 e. The molecule has 120 valence electrons. The van der Waals surface area contributed by atoms with Crippen LogP contribution < -0.4 is 4.90 Å². The Labute approximate surface area is 146 Å². The lowest BCUT2D eigenvalue weighted by atomic mass is 9.98. The number of fused-ring (bicyclic) bond motifs is 1. The van der Waals surface area contributed by atoms with Crippen molar-refractivity contribution in [3.8, 4) is 6.07 Å². The zero-order valence-electron chi connectivity index (χ0n) is 13.5. The molecule has 1 aliphatic heterocycles. The average molecular weight is 334 g/mol. The van der Waals surface area contributed by atoms with Crippen LogP contribution in [0.4, 0.5) is 0 Å². The lowest BCUT2D eigenvalue weighted by Gasteiger charge is -2.28. The molecule has 4 heteroatoms. The van der Waals surface area contributed by atoms with Gasteiger partial charge in [0.25, 0.3) is 0 Å². The Morgan fingerprint density at radius 1 is 1.17 bits per heavy atom. The smallest absolute Gasteiger partial charge is 0.103 e. The van der Waals surface area contributed by atoms with Gasteiger partial charge in [-0.2, -0.15) is 5.26 Å². The van der Waals surface area contributed by atoms with Crippen molar-refractivity contribution >= 4 is 21.6 Å². The van der Waals surface area contributed by atoms with Gasteiger partial charge in [-0.15, -0.1) is 11.3 Å². The van der Waals surface area contributed by atoms with Crippen molar-refractivity contribution in [1.82, 2.24) is 4.98 Å². The van der Waals surface area contributed by atoms with E-state index >= 15 is 0 Å². The molecule has 1 fully saturated rings. The molecule has 2 atom stereocenters. The maximum atomic E-state index is 8.91. The SMILES string of the molecule is N#Cc1ccc(C[NH+]2CCC[C@H](c3nc4ccccc4s3)C2)cc1. The summed E-state index contributed by atoms with van der Waals surface area (Å²) in [6.45, 7) is 3.41.